The van der Waals surface area contributed by atoms with Gasteiger partial charge in [0.05, 0.1) is 20.3 Å². The number of benzene rings is 1. The lowest BCUT2D eigenvalue weighted by Crippen LogP contribution is -2.40. The fourth-order valence-electron chi connectivity index (χ4n) is 4.22. The van der Waals surface area contributed by atoms with Gasteiger partial charge >= 0.3 is 0 Å². The van der Waals surface area contributed by atoms with Crippen LogP contribution in [0.15, 0.2) is 30.9 Å². The van der Waals surface area contributed by atoms with Crippen LogP contribution in [0.2, 0.25) is 0 Å². The van der Waals surface area contributed by atoms with E-state index in [1.165, 1.54) is 19.3 Å². The van der Waals surface area contributed by atoms with Gasteiger partial charge in [-0.05, 0) is 76.2 Å². The van der Waals surface area contributed by atoms with E-state index in [0.29, 0.717) is 23.2 Å². The summed E-state index contributed by atoms with van der Waals surface area (Å²) in [4.78, 5) is 14.8. The summed E-state index contributed by atoms with van der Waals surface area (Å²) < 4.78 is 16.7. The molecule has 180 valence electrons. The highest BCUT2D eigenvalue weighted by atomic mass is 16.5. The van der Waals surface area contributed by atoms with E-state index in [9.17, 15) is 4.79 Å². The Morgan fingerprint density at radius 2 is 1.78 bits per heavy atom. The molecule has 1 aromatic rings. The van der Waals surface area contributed by atoms with Crippen molar-refractivity contribution in [2.45, 2.75) is 69.9 Å². The minimum absolute atomic E-state index is 0.0225. The molecule has 0 bridgehead atoms. The molecule has 1 amide bonds. The number of methoxy groups -OCH3 is 2. The average molecular weight is 447 g/mol. The van der Waals surface area contributed by atoms with Crippen molar-refractivity contribution >= 4 is 5.91 Å². The summed E-state index contributed by atoms with van der Waals surface area (Å²) in [6.45, 7) is 6.70. The first-order chi connectivity index (χ1) is 15.6. The zero-order valence-electron chi connectivity index (χ0n) is 20.2. The van der Waals surface area contributed by atoms with Crippen LogP contribution in [0.5, 0.6) is 11.5 Å². The molecular formula is C26H42N2O4. The monoisotopic (exact) mass is 446 g/mol. The number of amides is 1. The number of carbonyl (C=O) groups is 1. The highest BCUT2D eigenvalue weighted by molar-refractivity contribution is 5.95. The Balaban J connectivity index is 1.63. The smallest absolute Gasteiger partial charge is 0.253 e. The van der Waals surface area contributed by atoms with Crippen LogP contribution in [-0.2, 0) is 4.74 Å². The summed E-state index contributed by atoms with van der Waals surface area (Å²) in [7, 11) is 5.08. The molecule has 0 radical (unpaired) electrons. The van der Waals surface area contributed by atoms with Gasteiger partial charge in [0.2, 0.25) is 0 Å². The van der Waals surface area contributed by atoms with Crippen LogP contribution in [0.4, 0.5) is 0 Å². The first kappa shape index (κ1) is 26.2. The van der Waals surface area contributed by atoms with E-state index in [-0.39, 0.29) is 11.9 Å². The van der Waals surface area contributed by atoms with Gasteiger partial charge < -0.3 is 24.4 Å². The van der Waals surface area contributed by atoms with Crippen LogP contribution in [0.1, 0.15) is 68.1 Å². The summed E-state index contributed by atoms with van der Waals surface area (Å²) in [5, 5.41) is 3.43. The summed E-state index contributed by atoms with van der Waals surface area (Å²) in [6, 6.07) is 5.59. The van der Waals surface area contributed by atoms with Crippen molar-refractivity contribution in [2.24, 2.45) is 0 Å². The molecule has 6 heteroatoms. The van der Waals surface area contributed by atoms with Crippen molar-refractivity contribution in [3.05, 3.63) is 36.4 Å². The highest BCUT2D eigenvalue weighted by Crippen LogP contribution is 2.30. The Bertz CT molecular complexity index is 686. The molecule has 2 rings (SSSR count). The zero-order chi connectivity index (χ0) is 23.2. The SMILES string of the molecule is C=CCCNCCCCCCOC1CCC(N(C)C(=O)c2ccc(OC)c(OC)c2)CC1. The van der Waals surface area contributed by atoms with Gasteiger partial charge in [0.1, 0.15) is 0 Å². The summed E-state index contributed by atoms with van der Waals surface area (Å²) >= 11 is 0. The van der Waals surface area contributed by atoms with E-state index in [1.807, 2.05) is 18.0 Å². The number of ether oxygens (including phenoxy) is 3. The van der Waals surface area contributed by atoms with Gasteiger partial charge in [0.25, 0.3) is 5.91 Å². The molecule has 1 aliphatic rings. The second-order valence-corrected chi connectivity index (χ2v) is 8.53. The molecule has 1 N–H and O–H groups in total. The van der Waals surface area contributed by atoms with Crippen molar-refractivity contribution < 1.29 is 19.0 Å². The van der Waals surface area contributed by atoms with Gasteiger partial charge in [0.15, 0.2) is 11.5 Å². The maximum atomic E-state index is 13.0. The zero-order valence-corrected chi connectivity index (χ0v) is 20.2. The second-order valence-electron chi connectivity index (χ2n) is 8.53. The molecule has 0 aliphatic heterocycles. The molecular weight excluding hydrogens is 404 g/mol. The van der Waals surface area contributed by atoms with Gasteiger partial charge in [-0.15, -0.1) is 6.58 Å². The third-order valence-electron chi connectivity index (χ3n) is 6.27. The summed E-state index contributed by atoms with van der Waals surface area (Å²) in [5.41, 5.74) is 0.624. The van der Waals surface area contributed by atoms with Crippen LogP contribution in [0.3, 0.4) is 0 Å². The number of hydrogen-bond donors (Lipinski definition) is 1. The number of unbranched alkanes of at least 4 members (excludes halogenated alkanes) is 3. The predicted octanol–water partition coefficient (Wildman–Crippen LogP) is 4.83. The average Bonchev–Trinajstić information content (AvgIpc) is 2.84. The van der Waals surface area contributed by atoms with Gasteiger partial charge in [-0.3, -0.25) is 4.79 Å². The Kier molecular flexibility index (Phi) is 12.2. The number of hydrogen-bond acceptors (Lipinski definition) is 5. The number of nitrogens with one attached hydrogen (secondary N) is 1. The number of nitrogens with zero attached hydrogens (tertiary/aromatic N) is 1. The highest BCUT2D eigenvalue weighted by Gasteiger charge is 2.27. The number of carbonyl (C=O) groups excluding carboxylic acids is 1. The van der Waals surface area contributed by atoms with E-state index in [4.69, 9.17) is 14.2 Å². The second kappa shape index (κ2) is 14.9. The lowest BCUT2D eigenvalue weighted by molar-refractivity contribution is 0.00910. The molecule has 0 unspecified atom stereocenters. The minimum Gasteiger partial charge on any atom is -0.493 e. The summed E-state index contributed by atoms with van der Waals surface area (Å²) in [6.07, 6.45) is 12.1. The van der Waals surface area contributed by atoms with Crippen molar-refractivity contribution in [1.29, 1.82) is 0 Å². The lowest BCUT2D eigenvalue weighted by atomic mass is 9.91. The van der Waals surface area contributed by atoms with Gasteiger partial charge in [-0.1, -0.05) is 18.9 Å². The molecule has 32 heavy (non-hydrogen) atoms. The quantitative estimate of drug-likeness (QED) is 0.309. The molecule has 6 nitrogen and oxygen atoms in total. The Hall–Kier alpha value is -2.05. The van der Waals surface area contributed by atoms with Gasteiger partial charge in [-0.2, -0.15) is 0 Å². The third kappa shape index (κ3) is 8.47. The largest absolute Gasteiger partial charge is 0.493 e. The molecule has 0 heterocycles. The molecule has 0 aromatic heterocycles. The molecule has 1 aromatic carbocycles. The fraction of sp³-hybridized carbons (Fsp3) is 0.654. The molecule has 1 fully saturated rings. The molecule has 0 spiro atoms. The maximum absolute atomic E-state index is 13.0. The van der Waals surface area contributed by atoms with E-state index in [1.54, 1.807) is 32.4 Å². The van der Waals surface area contributed by atoms with Crippen LogP contribution >= 0.6 is 0 Å². The van der Waals surface area contributed by atoms with Crippen LogP contribution in [0, 0.1) is 0 Å². The van der Waals surface area contributed by atoms with Gasteiger partial charge in [-0.25, -0.2) is 0 Å². The Morgan fingerprint density at radius 3 is 2.47 bits per heavy atom. The van der Waals surface area contributed by atoms with Crippen molar-refractivity contribution in [3.63, 3.8) is 0 Å². The van der Waals surface area contributed by atoms with E-state index in [0.717, 1.165) is 58.2 Å². The molecule has 1 aliphatic carbocycles. The topological polar surface area (TPSA) is 60.0 Å². The van der Waals surface area contributed by atoms with Crippen LogP contribution in [-0.4, -0.2) is 63.9 Å². The standard InChI is InChI=1S/C26H42N2O4/c1-5-6-17-27-18-9-7-8-10-19-32-23-14-12-22(13-15-23)28(2)26(29)21-11-16-24(30-3)25(20-21)31-4/h5,11,16,20,22-23,27H,1,6-10,12-15,17-19H2,2-4H3. The Labute approximate surface area is 194 Å². The fourth-order valence-corrected chi connectivity index (χ4v) is 4.22. The molecule has 0 saturated heterocycles. The normalized spacial score (nSPS) is 18.2. The third-order valence-corrected chi connectivity index (χ3v) is 6.27. The minimum atomic E-state index is 0.0225. The first-order valence-electron chi connectivity index (χ1n) is 12.0. The van der Waals surface area contributed by atoms with Crippen LogP contribution < -0.4 is 14.8 Å². The van der Waals surface area contributed by atoms with Crippen molar-refractivity contribution in [1.82, 2.24) is 10.2 Å². The van der Waals surface area contributed by atoms with E-state index in [2.05, 4.69) is 11.9 Å². The summed E-state index contributed by atoms with van der Waals surface area (Å²) in [5.74, 6) is 1.23. The molecule has 1 saturated carbocycles. The van der Waals surface area contributed by atoms with Crippen molar-refractivity contribution in [2.75, 3.05) is 41.0 Å². The van der Waals surface area contributed by atoms with Crippen molar-refractivity contribution in [3.8, 4) is 11.5 Å². The first-order valence-corrected chi connectivity index (χ1v) is 12.0. The molecule has 0 atom stereocenters. The maximum Gasteiger partial charge on any atom is 0.253 e. The number of rotatable bonds is 15. The lowest BCUT2D eigenvalue weighted by Gasteiger charge is -2.34. The van der Waals surface area contributed by atoms with E-state index < -0.39 is 0 Å². The van der Waals surface area contributed by atoms with Gasteiger partial charge in [0, 0.05) is 25.3 Å². The van der Waals surface area contributed by atoms with Crippen LogP contribution in [0.25, 0.3) is 0 Å². The Morgan fingerprint density at radius 1 is 1.06 bits per heavy atom. The predicted molar refractivity (Wildman–Crippen MR) is 130 cm³/mol. The van der Waals surface area contributed by atoms with E-state index >= 15 is 0 Å².